The van der Waals surface area contributed by atoms with Crippen molar-refractivity contribution in [3.8, 4) is 0 Å². The molecular formula is C19H24N2O2S. The van der Waals surface area contributed by atoms with Crippen LogP contribution in [0.1, 0.15) is 71.6 Å². The van der Waals surface area contributed by atoms with Crippen LogP contribution in [-0.4, -0.2) is 10.9 Å². The number of fused-ring (bicyclic) bond motifs is 1. The largest absolute Gasteiger partial charge is 0.344 e. The molecule has 2 aromatic rings. The molecule has 1 aliphatic rings. The highest BCUT2D eigenvalue weighted by molar-refractivity contribution is 7.10. The maximum atomic E-state index is 12.7. The van der Waals surface area contributed by atoms with E-state index in [1.54, 1.807) is 11.3 Å². The Morgan fingerprint density at radius 1 is 1.33 bits per heavy atom. The van der Waals surface area contributed by atoms with Gasteiger partial charge in [0.25, 0.3) is 11.5 Å². The van der Waals surface area contributed by atoms with Gasteiger partial charge in [-0.15, -0.1) is 11.3 Å². The number of carbonyl (C=O) groups is 1. The van der Waals surface area contributed by atoms with Gasteiger partial charge in [-0.3, -0.25) is 9.59 Å². The van der Waals surface area contributed by atoms with E-state index in [4.69, 9.17) is 0 Å². The number of amides is 1. The van der Waals surface area contributed by atoms with Crippen LogP contribution >= 0.6 is 11.3 Å². The summed E-state index contributed by atoms with van der Waals surface area (Å²) in [4.78, 5) is 29.1. The molecule has 2 N–H and O–H groups in total. The average Bonchev–Trinajstić information content (AvgIpc) is 3.00. The molecule has 5 heteroatoms. The minimum absolute atomic E-state index is 0.0271. The van der Waals surface area contributed by atoms with Gasteiger partial charge in [-0.1, -0.05) is 25.8 Å². The second kappa shape index (κ2) is 7.79. The quantitative estimate of drug-likeness (QED) is 0.806. The van der Waals surface area contributed by atoms with Gasteiger partial charge in [0, 0.05) is 10.6 Å². The molecule has 1 aliphatic carbocycles. The van der Waals surface area contributed by atoms with Crippen LogP contribution in [0.25, 0.3) is 0 Å². The minimum Gasteiger partial charge on any atom is -0.344 e. The zero-order chi connectivity index (χ0) is 16.9. The molecular weight excluding hydrogens is 320 g/mol. The smallest absolute Gasteiger partial charge is 0.261 e. The van der Waals surface area contributed by atoms with Crippen molar-refractivity contribution in [2.45, 2.75) is 57.9 Å². The highest BCUT2D eigenvalue weighted by atomic mass is 32.1. The molecule has 0 unspecified atom stereocenters. The predicted molar refractivity (Wildman–Crippen MR) is 97.8 cm³/mol. The number of hydrogen-bond donors (Lipinski definition) is 2. The van der Waals surface area contributed by atoms with Crippen LogP contribution < -0.4 is 10.9 Å². The molecule has 0 saturated carbocycles. The first-order valence-corrected chi connectivity index (χ1v) is 9.66. The third kappa shape index (κ3) is 3.78. The Labute approximate surface area is 146 Å². The summed E-state index contributed by atoms with van der Waals surface area (Å²) < 4.78 is 0. The van der Waals surface area contributed by atoms with Gasteiger partial charge < -0.3 is 10.3 Å². The number of nitrogens with one attached hydrogen (secondary N) is 2. The molecule has 3 rings (SSSR count). The molecule has 0 saturated heterocycles. The Morgan fingerprint density at radius 3 is 2.92 bits per heavy atom. The number of aromatic nitrogens is 1. The van der Waals surface area contributed by atoms with Crippen LogP contribution in [0.5, 0.6) is 0 Å². The second-order valence-electron chi connectivity index (χ2n) is 6.41. The average molecular weight is 344 g/mol. The molecule has 24 heavy (non-hydrogen) atoms. The lowest BCUT2D eigenvalue weighted by Gasteiger charge is -2.17. The van der Waals surface area contributed by atoms with E-state index in [0.29, 0.717) is 0 Å². The predicted octanol–water partition coefficient (Wildman–Crippen LogP) is 3.98. The summed E-state index contributed by atoms with van der Waals surface area (Å²) in [6.07, 6.45) is 7.09. The molecule has 1 atom stereocenters. The Bertz CT molecular complexity index is 749. The van der Waals surface area contributed by atoms with Crippen molar-refractivity contribution in [3.63, 3.8) is 0 Å². The van der Waals surface area contributed by atoms with Crippen LogP contribution in [0.3, 0.4) is 0 Å². The summed E-state index contributed by atoms with van der Waals surface area (Å²) in [6.45, 7) is 2.10. The maximum Gasteiger partial charge on any atom is 0.261 e. The fraction of sp³-hybridized carbons (Fsp3) is 0.474. The highest BCUT2D eigenvalue weighted by Gasteiger charge is 2.20. The van der Waals surface area contributed by atoms with Gasteiger partial charge in [0.05, 0.1) is 6.04 Å². The Kier molecular flexibility index (Phi) is 5.51. The van der Waals surface area contributed by atoms with E-state index in [1.165, 1.54) is 6.42 Å². The zero-order valence-electron chi connectivity index (χ0n) is 14.1. The zero-order valence-corrected chi connectivity index (χ0v) is 14.9. The molecule has 128 valence electrons. The topological polar surface area (TPSA) is 62.0 Å². The monoisotopic (exact) mass is 344 g/mol. The van der Waals surface area contributed by atoms with Crippen LogP contribution in [-0.2, 0) is 12.8 Å². The van der Waals surface area contributed by atoms with E-state index in [0.717, 1.165) is 54.7 Å². The molecule has 2 heterocycles. The van der Waals surface area contributed by atoms with Crippen molar-refractivity contribution in [2.75, 3.05) is 0 Å². The second-order valence-corrected chi connectivity index (χ2v) is 7.39. The summed E-state index contributed by atoms with van der Waals surface area (Å²) in [5.41, 5.74) is 2.11. The summed E-state index contributed by atoms with van der Waals surface area (Å²) in [5, 5.41) is 5.06. The molecule has 0 aliphatic heterocycles. The fourth-order valence-corrected chi connectivity index (χ4v) is 4.13. The van der Waals surface area contributed by atoms with E-state index < -0.39 is 0 Å². The van der Waals surface area contributed by atoms with Crippen LogP contribution in [0, 0.1) is 0 Å². The van der Waals surface area contributed by atoms with Gasteiger partial charge >= 0.3 is 0 Å². The van der Waals surface area contributed by atoms with Crippen LogP contribution in [0.2, 0.25) is 0 Å². The molecule has 2 aromatic heterocycles. The van der Waals surface area contributed by atoms with E-state index >= 15 is 0 Å². The van der Waals surface area contributed by atoms with Crippen molar-refractivity contribution < 1.29 is 4.79 Å². The number of carbonyl (C=O) groups excluding carboxylic acids is 1. The van der Waals surface area contributed by atoms with Crippen molar-refractivity contribution in [2.24, 2.45) is 0 Å². The summed E-state index contributed by atoms with van der Waals surface area (Å²) in [6, 6.07) is 5.81. The number of thiophene rings is 1. The van der Waals surface area contributed by atoms with Gasteiger partial charge in [0.2, 0.25) is 0 Å². The summed E-state index contributed by atoms with van der Waals surface area (Å²) in [7, 11) is 0. The highest BCUT2D eigenvalue weighted by Crippen LogP contribution is 2.24. The van der Waals surface area contributed by atoms with Crippen molar-refractivity contribution in [3.05, 3.63) is 55.6 Å². The first-order valence-electron chi connectivity index (χ1n) is 8.78. The maximum absolute atomic E-state index is 12.7. The molecule has 0 radical (unpaired) electrons. The van der Waals surface area contributed by atoms with Gasteiger partial charge in [-0.05, 0) is 55.2 Å². The summed E-state index contributed by atoms with van der Waals surface area (Å²) >= 11 is 1.64. The number of hydrogen-bond acceptors (Lipinski definition) is 3. The first kappa shape index (κ1) is 17.0. The lowest BCUT2D eigenvalue weighted by Crippen LogP contribution is -2.33. The standard InChI is InChI=1S/C19H24N2O2S/c1-2-7-16(17-10-6-11-24-17)21-19(23)14-12-13-8-4-3-5-9-15(13)20-18(14)22/h6,10-12,16H,2-5,7-9H2,1H3,(H,20,22)(H,21,23)/t16-/m1/s1. The number of aromatic amines is 1. The normalized spacial score (nSPS) is 15.4. The fourth-order valence-electron chi connectivity index (χ4n) is 3.32. The van der Waals surface area contributed by atoms with Crippen LogP contribution in [0.4, 0.5) is 0 Å². The first-order chi connectivity index (χ1) is 11.7. The van der Waals surface area contributed by atoms with Crippen molar-refractivity contribution in [1.29, 1.82) is 0 Å². The molecule has 0 aromatic carbocycles. The molecule has 0 spiro atoms. The number of aryl methyl sites for hydroxylation is 2. The minimum atomic E-state index is -0.269. The SMILES string of the molecule is CCC[C@@H](NC(=O)c1cc2c([nH]c1=O)CCCCC2)c1cccs1. The third-order valence-electron chi connectivity index (χ3n) is 4.60. The van der Waals surface area contributed by atoms with E-state index in [2.05, 4.69) is 17.2 Å². The van der Waals surface area contributed by atoms with E-state index in [9.17, 15) is 9.59 Å². The summed E-state index contributed by atoms with van der Waals surface area (Å²) in [5.74, 6) is -0.268. The molecule has 4 nitrogen and oxygen atoms in total. The Morgan fingerprint density at radius 2 is 2.17 bits per heavy atom. The molecule has 0 bridgehead atoms. The Balaban J connectivity index is 1.84. The Hall–Kier alpha value is -1.88. The van der Waals surface area contributed by atoms with Crippen molar-refractivity contribution in [1.82, 2.24) is 10.3 Å². The number of rotatable bonds is 5. The van der Waals surface area contributed by atoms with Gasteiger partial charge in [-0.2, -0.15) is 0 Å². The lowest BCUT2D eigenvalue weighted by atomic mass is 10.0. The molecule has 1 amide bonds. The van der Waals surface area contributed by atoms with Gasteiger partial charge in [-0.25, -0.2) is 0 Å². The van der Waals surface area contributed by atoms with E-state index in [-0.39, 0.29) is 23.1 Å². The number of pyridine rings is 1. The molecule has 0 fully saturated rings. The van der Waals surface area contributed by atoms with Crippen molar-refractivity contribution >= 4 is 17.2 Å². The van der Waals surface area contributed by atoms with E-state index in [1.807, 2.05) is 23.6 Å². The third-order valence-corrected chi connectivity index (χ3v) is 5.59. The lowest BCUT2D eigenvalue weighted by molar-refractivity contribution is 0.0933. The van der Waals surface area contributed by atoms with Gasteiger partial charge in [0.1, 0.15) is 5.56 Å². The van der Waals surface area contributed by atoms with Gasteiger partial charge in [0.15, 0.2) is 0 Å². The number of H-pyrrole nitrogens is 1. The van der Waals surface area contributed by atoms with Crippen LogP contribution in [0.15, 0.2) is 28.4 Å².